The van der Waals surface area contributed by atoms with E-state index in [9.17, 15) is 12.8 Å². The minimum Gasteiger partial charge on any atom is -0.385 e. The number of nitrogens with zero attached hydrogens (tertiary/aromatic N) is 3. The highest BCUT2D eigenvalue weighted by Crippen LogP contribution is 2.23. The van der Waals surface area contributed by atoms with Gasteiger partial charge in [-0.15, -0.1) is 0 Å². The van der Waals surface area contributed by atoms with E-state index in [0.29, 0.717) is 44.9 Å². The van der Waals surface area contributed by atoms with Gasteiger partial charge in [-0.05, 0) is 24.6 Å². The summed E-state index contributed by atoms with van der Waals surface area (Å²) in [5.41, 5.74) is 0.909. The van der Waals surface area contributed by atoms with Crippen molar-refractivity contribution in [3.63, 3.8) is 0 Å². The van der Waals surface area contributed by atoms with Crippen LogP contribution in [0.5, 0.6) is 0 Å². The standard InChI is InChI=1S/C15H20FN3O3S/c1-22-9-2-10-23(20,21)19-7-5-18(6-8-19)15-4-3-14(16)11-13(15)12-17/h3-4,11H,2,5-10H2,1H3. The molecule has 126 valence electrons. The van der Waals surface area contributed by atoms with E-state index in [1.54, 1.807) is 13.2 Å². The second-order valence-corrected chi connectivity index (χ2v) is 7.41. The van der Waals surface area contributed by atoms with Gasteiger partial charge in [0.25, 0.3) is 0 Å². The van der Waals surface area contributed by atoms with Crippen LogP contribution >= 0.6 is 0 Å². The number of halogens is 1. The normalized spacial score (nSPS) is 16.3. The van der Waals surface area contributed by atoms with Gasteiger partial charge in [0.05, 0.1) is 17.0 Å². The number of hydrogen-bond acceptors (Lipinski definition) is 5. The Hall–Kier alpha value is -1.69. The van der Waals surface area contributed by atoms with Crippen molar-refractivity contribution in [1.29, 1.82) is 5.26 Å². The lowest BCUT2D eigenvalue weighted by atomic mass is 10.1. The molecule has 1 saturated heterocycles. The molecule has 1 heterocycles. The van der Waals surface area contributed by atoms with Crippen molar-refractivity contribution in [2.24, 2.45) is 0 Å². The van der Waals surface area contributed by atoms with Gasteiger partial charge in [0.2, 0.25) is 10.0 Å². The number of piperazine rings is 1. The third-order valence-electron chi connectivity index (χ3n) is 3.80. The molecule has 0 aliphatic carbocycles. The van der Waals surface area contributed by atoms with Crippen LogP contribution in [0.15, 0.2) is 18.2 Å². The average Bonchev–Trinajstić information content (AvgIpc) is 2.55. The largest absolute Gasteiger partial charge is 0.385 e. The maximum atomic E-state index is 13.2. The van der Waals surface area contributed by atoms with Crippen LogP contribution in [-0.2, 0) is 14.8 Å². The Kier molecular flexibility index (Phi) is 5.93. The van der Waals surface area contributed by atoms with Crippen LogP contribution in [0.2, 0.25) is 0 Å². The Balaban J connectivity index is 2.00. The molecule has 0 spiro atoms. The summed E-state index contributed by atoms with van der Waals surface area (Å²) >= 11 is 0. The maximum absolute atomic E-state index is 13.2. The average molecular weight is 341 g/mol. The Morgan fingerprint density at radius 1 is 1.30 bits per heavy atom. The summed E-state index contributed by atoms with van der Waals surface area (Å²) in [5, 5.41) is 9.11. The minimum absolute atomic E-state index is 0.0703. The molecule has 23 heavy (non-hydrogen) atoms. The second kappa shape index (κ2) is 7.73. The summed E-state index contributed by atoms with van der Waals surface area (Å²) in [6, 6.07) is 6.06. The van der Waals surface area contributed by atoms with Crippen molar-refractivity contribution in [3.8, 4) is 6.07 Å². The molecule has 2 rings (SSSR count). The zero-order valence-corrected chi connectivity index (χ0v) is 13.9. The zero-order valence-electron chi connectivity index (χ0n) is 13.0. The quantitative estimate of drug-likeness (QED) is 0.727. The van der Waals surface area contributed by atoms with Crippen LogP contribution < -0.4 is 4.90 Å². The molecule has 0 saturated carbocycles. The molecule has 0 unspecified atom stereocenters. The highest BCUT2D eigenvalue weighted by atomic mass is 32.2. The predicted octanol–water partition coefficient (Wildman–Crippen LogP) is 1.19. The zero-order chi connectivity index (χ0) is 16.9. The first-order chi connectivity index (χ1) is 11.0. The highest BCUT2D eigenvalue weighted by Gasteiger charge is 2.27. The van der Waals surface area contributed by atoms with Crippen molar-refractivity contribution in [3.05, 3.63) is 29.6 Å². The van der Waals surface area contributed by atoms with Gasteiger partial charge in [0.1, 0.15) is 11.9 Å². The first-order valence-electron chi connectivity index (χ1n) is 7.39. The summed E-state index contributed by atoms with van der Waals surface area (Å²) in [6.45, 7) is 2.09. The van der Waals surface area contributed by atoms with Crippen LogP contribution in [0.25, 0.3) is 0 Å². The summed E-state index contributed by atoms with van der Waals surface area (Å²) in [7, 11) is -1.74. The molecule has 0 radical (unpaired) electrons. The molecule has 1 aromatic carbocycles. The summed E-state index contributed by atoms with van der Waals surface area (Å²) < 4.78 is 44.0. The lowest BCUT2D eigenvalue weighted by Gasteiger charge is -2.35. The molecular weight excluding hydrogens is 321 g/mol. The molecule has 1 fully saturated rings. The Bertz CT molecular complexity index is 680. The summed E-state index contributed by atoms with van der Waals surface area (Å²) in [5.74, 6) is -0.384. The Labute approximate surface area is 136 Å². The molecule has 0 aromatic heterocycles. The van der Waals surface area contributed by atoms with Gasteiger partial charge in [-0.3, -0.25) is 0 Å². The molecule has 0 atom stereocenters. The van der Waals surface area contributed by atoms with E-state index in [4.69, 9.17) is 10.00 Å². The molecule has 1 aliphatic heterocycles. The number of anilines is 1. The van der Waals surface area contributed by atoms with Crippen LogP contribution in [0, 0.1) is 17.1 Å². The van der Waals surface area contributed by atoms with Gasteiger partial charge in [0.15, 0.2) is 0 Å². The van der Waals surface area contributed by atoms with Gasteiger partial charge in [-0.2, -0.15) is 9.57 Å². The summed E-state index contributed by atoms with van der Waals surface area (Å²) in [6.07, 6.45) is 0.468. The number of methoxy groups -OCH3 is 1. The molecule has 1 aliphatic rings. The van der Waals surface area contributed by atoms with E-state index >= 15 is 0 Å². The maximum Gasteiger partial charge on any atom is 0.214 e. The van der Waals surface area contributed by atoms with E-state index in [2.05, 4.69) is 0 Å². The molecule has 0 N–H and O–H groups in total. The van der Waals surface area contributed by atoms with E-state index in [1.807, 2.05) is 11.0 Å². The third-order valence-corrected chi connectivity index (χ3v) is 5.76. The van der Waals surface area contributed by atoms with Crippen LogP contribution in [-0.4, -0.2) is 58.4 Å². The molecule has 6 nitrogen and oxygen atoms in total. The lowest BCUT2D eigenvalue weighted by molar-refractivity contribution is 0.199. The smallest absolute Gasteiger partial charge is 0.214 e. The Morgan fingerprint density at radius 3 is 2.61 bits per heavy atom. The fourth-order valence-electron chi connectivity index (χ4n) is 2.60. The van der Waals surface area contributed by atoms with Gasteiger partial charge in [-0.1, -0.05) is 0 Å². The van der Waals surface area contributed by atoms with E-state index in [-0.39, 0.29) is 11.3 Å². The first kappa shape index (κ1) is 17.7. The summed E-state index contributed by atoms with van der Waals surface area (Å²) in [4.78, 5) is 1.92. The lowest BCUT2D eigenvalue weighted by Crippen LogP contribution is -2.49. The fourth-order valence-corrected chi connectivity index (χ4v) is 4.06. The first-order valence-corrected chi connectivity index (χ1v) is 9.00. The monoisotopic (exact) mass is 341 g/mol. The predicted molar refractivity (Wildman–Crippen MR) is 85.2 cm³/mol. The van der Waals surface area contributed by atoms with Crippen LogP contribution in [0.1, 0.15) is 12.0 Å². The van der Waals surface area contributed by atoms with Crippen molar-refractivity contribution in [1.82, 2.24) is 4.31 Å². The number of rotatable bonds is 6. The van der Waals surface area contributed by atoms with Crippen molar-refractivity contribution in [2.75, 3.05) is 50.5 Å². The van der Waals surface area contributed by atoms with Gasteiger partial charge in [0, 0.05) is 39.9 Å². The Morgan fingerprint density at radius 2 is 2.00 bits per heavy atom. The number of ether oxygens (including phenoxy) is 1. The van der Waals surface area contributed by atoms with Gasteiger partial charge in [-0.25, -0.2) is 12.8 Å². The van der Waals surface area contributed by atoms with Crippen molar-refractivity contribution in [2.45, 2.75) is 6.42 Å². The van der Waals surface area contributed by atoms with Gasteiger partial charge >= 0.3 is 0 Å². The van der Waals surface area contributed by atoms with E-state index in [0.717, 1.165) is 0 Å². The van der Waals surface area contributed by atoms with Crippen molar-refractivity contribution >= 4 is 15.7 Å². The number of sulfonamides is 1. The van der Waals surface area contributed by atoms with E-state index in [1.165, 1.54) is 16.4 Å². The fraction of sp³-hybridized carbons (Fsp3) is 0.533. The number of hydrogen-bond donors (Lipinski definition) is 0. The SMILES string of the molecule is COCCCS(=O)(=O)N1CCN(c2ccc(F)cc2C#N)CC1. The molecule has 0 bridgehead atoms. The highest BCUT2D eigenvalue weighted by molar-refractivity contribution is 7.89. The molecule has 0 amide bonds. The second-order valence-electron chi connectivity index (χ2n) is 5.32. The van der Waals surface area contributed by atoms with Crippen molar-refractivity contribution < 1.29 is 17.5 Å². The third kappa shape index (κ3) is 4.41. The van der Waals surface area contributed by atoms with Crippen LogP contribution in [0.4, 0.5) is 10.1 Å². The number of nitriles is 1. The molecule has 1 aromatic rings. The van der Waals surface area contributed by atoms with E-state index < -0.39 is 15.8 Å². The van der Waals surface area contributed by atoms with Crippen LogP contribution in [0.3, 0.4) is 0 Å². The molecule has 8 heteroatoms. The minimum atomic E-state index is -3.28. The number of benzene rings is 1. The molecular formula is C15H20FN3O3S. The topological polar surface area (TPSA) is 73.6 Å². The van der Waals surface area contributed by atoms with Gasteiger partial charge < -0.3 is 9.64 Å².